The van der Waals surface area contributed by atoms with E-state index in [9.17, 15) is 0 Å². The maximum atomic E-state index is 5.97. The molecule has 0 bridgehead atoms. The van der Waals surface area contributed by atoms with Gasteiger partial charge >= 0.3 is 0 Å². The summed E-state index contributed by atoms with van der Waals surface area (Å²) in [6, 6.07) is 5.71. The third-order valence-electron chi connectivity index (χ3n) is 1.48. The fourth-order valence-electron chi connectivity index (χ4n) is 0.861. The highest BCUT2D eigenvalue weighted by Crippen LogP contribution is 2.25. The van der Waals surface area contributed by atoms with Crippen LogP contribution in [0.1, 0.15) is 6.92 Å². The molecule has 3 heteroatoms. The lowest BCUT2D eigenvalue weighted by atomic mass is 10.3. The minimum Gasteiger partial charge on any atom is -0.373 e. The van der Waals surface area contributed by atoms with Crippen molar-refractivity contribution in [1.29, 1.82) is 0 Å². The second kappa shape index (κ2) is 5.16. The summed E-state index contributed by atoms with van der Waals surface area (Å²) in [5.74, 6) is 5.71. The number of benzene rings is 1. The zero-order chi connectivity index (χ0) is 9.68. The zero-order valence-corrected chi connectivity index (χ0v) is 9.54. The Balaban J connectivity index is 2.70. The van der Waals surface area contributed by atoms with Crippen molar-refractivity contribution >= 4 is 33.2 Å². The Labute approximate surface area is 91.6 Å². The summed E-state index contributed by atoms with van der Waals surface area (Å²) in [6.07, 6.45) is 0. The second-order valence-electron chi connectivity index (χ2n) is 2.40. The third-order valence-corrected chi connectivity index (χ3v) is 2.28. The maximum Gasteiger partial charge on any atom is 0.0766 e. The third kappa shape index (κ3) is 3.30. The van der Waals surface area contributed by atoms with Crippen LogP contribution in [0, 0.1) is 11.8 Å². The van der Waals surface area contributed by atoms with Gasteiger partial charge in [0.2, 0.25) is 0 Å². The topological polar surface area (TPSA) is 12.0 Å². The zero-order valence-electron chi connectivity index (χ0n) is 7.20. The molecule has 0 heterocycles. The van der Waals surface area contributed by atoms with Crippen molar-refractivity contribution < 1.29 is 0 Å². The molecule has 1 N–H and O–H groups in total. The Bertz CT molecular complexity index is 352. The summed E-state index contributed by atoms with van der Waals surface area (Å²) in [5, 5.41) is 3.82. The van der Waals surface area contributed by atoms with E-state index in [0.29, 0.717) is 11.6 Å². The Hall–Kier alpha value is -0.650. The molecule has 0 saturated heterocycles. The van der Waals surface area contributed by atoms with E-state index in [1.165, 1.54) is 0 Å². The van der Waals surface area contributed by atoms with Crippen LogP contribution < -0.4 is 5.32 Å². The van der Waals surface area contributed by atoms with Crippen LogP contribution in [-0.2, 0) is 0 Å². The monoisotopic (exact) mass is 257 g/mol. The summed E-state index contributed by atoms with van der Waals surface area (Å²) in [6.45, 7) is 2.43. The second-order valence-corrected chi connectivity index (χ2v) is 3.73. The lowest BCUT2D eigenvalue weighted by molar-refractivity contribution is 1.37. The molecule has 1 aromatic rings. The number of hydrogen-bond acceptors (Lipinski definition) is 1. The molecule has 0 amide bonds. The van der Waals surface area contributed by atoms with Crippen LogP contribution in [0.3, 0.4) is 0 Å². The molecule has 1 rings (SSSR count). The van der Waals surface area contributed by atoms with Gasteiger partial charge in [-0.3, -0.25) is 0 Å². The lowest BCUT2D eigenvalue weighted by Crippen LogP contribution is -1.98. The van der Waals surface area contributed by atoms with E-state index in [0.717, 1.165) is 10.2 Å². The van der Waals surface area contributed by atoms with E-state index >= 15 is 0 Å². The van der Waals surface area contributed by atoms with Gasteiger partial charge in [0, 0.05) is 4.47 Å². The number of halogens is 2. The van der Waals surface area contributed by atoms with Gasteiger partial charge in [-0.25, -0.2) is 0 Å². The van der Waals surface area contributed by atoms with E-state index in [1.54, 1.807) is 0 Å². The van der Waals surface area contributed by atoms with Gasteiger partial charge in [-0.2, -0.15) is 0 Å². The first kappa shape index (κ1) is 10.4. The van der Waals surface area contributed by atoms with Crippen LogP contribution in [0.2, 0.25) is 5.02 Å². The van der Waals surface area contributed by atoms with Gasteiger partial charge in [-0.15, -0.1) is 5.92 Å². The Morgan fingerprint density at radius 3 is 2.92 bits per heavy atom. The minimum absolute atomic E-state index is 0.623. The number of hydrogen-bond donors (Lipinski definition) is 1. The quantitative estimate of drug-likeness (QED) is 0.800. The van der Waals surface area contributed by atoms with Crippen molar-refractivity contribution in [3.63, 3.8) is 0 Å². The predicted molar refractivity (Wildman–Crippen MR) is 61.1 cm³/mol. The van der Waals surface area contributed by atoms with E-state index in [2.05, 4.69) is 33.1 Å². The van der Waals surface area contributed by atoms with Gasteiger partial charge in [-0.1, -0.05) is 33.5 Å². The molecule has 0 aromatic heterocycles. The van der Waals surface area contributed by atoms with Crippen LogP contribution in [0.25, 0.3) is 0 Å². The molecular weight excluding hydrogens is 249 g/mol. The van der Waals surface area contributed by atoms with Crippen LogP contribution in [0.15, 0.2) is 22.7 Å². The SMILES string of the molecule is CC#CCNc1ccc(Br)cc1Cl. The molecule has 13 heavy (non-hydrogen) atoms. The normalized spacial score (nSPS) is 8.85. The number of rotatable bonds is 2. The van der Waals surface area contributed by atoms with Gasteiger partial charge in [0.15, 0.2) is 0 Å². The first-order valence-corrected chi connectivity index (χ1v) is 4.99. The van der Waals surface area contributed by atoms with Crippen LogP contribution in [0.5, 0.6) is 0 Å². The molecule has 1 nitrogen and oxygen atoms in total. The molecule has 1 aromatic carbocycles. The van der Waals surface area contributed by atoms with Gasteiger partial charge in [0.1, 0.15) is 0 Å². The van der Waals surface area contributed by atoms with Gasteiger partial charge < -0.3 is 5.32 Å². The summed E-state index contributed by atoms with van der Waals surface area (Å²) < 4.78 is 0.977. The smallest absolute Gasteiger partial charge is 0.0766 e. The standard InChI is InChI=1S/C10H9BrClN/c1-2-3-6-13-10-5-4-8(11)7-9(10)12/h4-5,7,13H,6H2,1H3. The highest BCUT2D eigenvalue weighted by molar-refractivity contribution is 9.10. The highest BCUT2D eigenvalue weighted by atomic mass is 79.9. The van der Waals surface area contributed by atoms with Crippen molar-refractivity contribution in [1.82, 2.24) is 0 Å². The minimum atomic E-state index is 0.623. The summed E-state index contributed by atoms with van der Waals surface area (Å²) in [5.41, 5.74) is 0.910. The molecule has 0 aliphatic rings. The van der Waals surface area contributed by atoms with E-state index in [1.807, 2.05) is 25.1 Å². The molecule has 0 atom stereocenters. The fourth-order valence-corrected chi connectivity index (χ4v) is 1.60. The lowest BCUT2D eigenvalue weighted by Gasteiger charge is -2.04. The van der Waals surface area contributed by atoms with Crippen LogP contribution in [-0.4, -0.2) is 6.54 Å². The Morgan fingerprint density at radius 1 is 1.54 bits per heavy atom. The molecular formula is C10H9BrClN. The summed E-state index contributed by atoms with van der Waals surface area (Å²) in [4.78, 5) is 0. The molecule has 0 radical (unpaired) electrons. The fraction of sp³-hybridized carbons (Fsp3) is 0.200. The van der Waals surface area contributed by atoms with Crippen LogP contribution >= 0.6 is 27.5 Å². The summed E-state index contributed by atoms with van der Waals surface area (Å²) in [7, 11) is 0. The highest BCUT2D eigenvalue weighted by Gasteiger charge is 1.98. The first-order valence-electron chi connectivity index (χ1n) is 3.82. The van der Waals surface area contributed by atoms with Crippen LogP contribution in [0.4, 0.5) is 5.69 Å². The van der Waals surface area contributed by atoms with Gasteiger partial charge in [-0.05, 0) is 25.1 Å². The molecule has 0 spiro atoms. The molecule has 0 aliphatic heterocycles. The van der Waals surface area contributed by atoms with Crippen molar-refractivity contribution in [2.75, 3.05) is 11.9 Å². The molecule has 0 fully saturated rings. The molecule has 68 valence electrons. The maximum absolute atomic E-state index is 5.97. The number of anilines is 1. The van der Waals surface area contributed by atoms with Crippen molar-refractivity contribution in [3.8, 4) is 11.8 Å². The molecule has 0 unspecified atom stereocenters. The largest absolute Gasteiger partial charge is 0.373 e. The molecule has 0 aliphatic carbocycles. The van der Waals surface area contributed by atoms with Crippen molar-refractivity contribution in [2.45, 2.75) is 6.92 Å². The average molecular weight is 259 g/mol. The van der Waals surface area contributed by atoms with E-state index in [4.69, 9.17) is 11.6 Å². The summed E-state index contributed by atoms with van der Waals surface area (Å²) >= 11 is 9.31. The average Bonchev–Trinajstić information content (AvgIpc) is 2.09. The van der Waals surface area contributed by atoms with Gasteiger partial charge in [0.05, 0.1) is 17.3 Å². The van der Waals surface area contributed by atoms with E-state index in [-0.39, 0.29) is 0 Å². The predicted octanol–water partition coefficient (Wildman–Crippen LogP) is 3.54. The Morgan fingerprint density at radius 2 is 2.31 bits per heavy atom. The van der Waals surface area contributed by atoms with E-state index < -0.39 is 0 Å². The van der Waals surface area contributed by atoms with Gasteiger partial charge in [0.25, 0.3) is 0 Å². The first-order chi connectivity index (χ1) is 6.24. The molecule has 0 saturated carbocycles. The van der Waals surface area contributed by atoms with Crippen molar-refractivity contribution in [2.24, 2.45) is 0 Å². The number of nitrogens with one attached hydrogen (secondary N) is 1. The van der Waals surface area contributed by atoms with Crippen molar-refractivity contribution in [3.05, 3.63) is 27.7 Å². The Kier molecular flexibility index (Phi) is 4.14.